The zero-order valence-corrected chi connectivity index (χ0v) is 13.6. The minimum Gasteiger partial charge on any atom is -0.321 e. The van der Waals surface area contributed by atoms with E-state index in [9.17, 15) is 4.79 Å². The Hall–Kier alpha value is -1.89. The molecule has 0 saturated heterocycles. The summed E-state index contributed by atoms with van der Waals surface area (Å²) in [7, 11) is 0. The Bertz CT molecular complexity index is 775. The first-order valence-corrected chi connectivity index (χ1v) is 8.31. The second-order valence-corrected chi connectivity index (χ2v) is 6.82. The predicted molar refractivity (Wildman–Crippen MR) is 89.9 cm³/mol. The Kier molecular flexibility index (Phi) is 4.72. The fraction of sp³-hybridized carbons (Fsp3) is 0. The van der Waals surface area contributed by atoms with Crippen molar-refractivity contribution < 1.29 is 4.79 Å². The smallest absolute Gasteiger partial charge is 0.278 e. The summed E-state index contributed by atoms with van der Waals surface area (Å²) in [5.74, 6) is -0.267. The van der Waals surface area contributed by atoms with E-state index in [4.69, 9.17) is 11.6 Å². The van der Waals surface area contributed by atoms with Gasteiger partial charge in [-0.2, -0.15) is 0 Å². The molecule has 0 bridgehead atoms. The normalized spacial score (nSPS) is 10.4. The summed E-state index contributed by atoms with van der Waals surface area (Å²) in [5, 5.41) is 7.42. The molecule has 3 rings (SSSR count). The number of nitrogens with zero attached hydrogens (tertiary/aromatic N) is 2. The number of hydrogen-bond donors (Lipinski definition) is 1. The summed E-state index contributed by atoms with van der Waals surface area (Å²) in [6, 6.07) is 16.7. The Morgan fingerprint density at radius 2 is 1.82 bits per heavy atom. The second kappa shape index (κ2) is 6.91. The van der Waals surface area contributed by atoms with Crippen LogP contribution in [-0.4, -0.2) is 15.5 Å². The minimum absolute atomic E-state index is 0.267. The number of para-hydroxylation sites is 1. The molecule has 0 aliphatic carbocycles. The molecule has 0 unspecified atom stereocenters. The second-order valence-electron chi connectivity index (χ2n) is 4.29. The molecule has 4 nitrogen and oxygen atoms in total. The van der Waals surface area contributed by atoms with Crippen LogP contribution in [0.5, 0.6) is 0 Å². The van der Waals surface area contributed by atoms with E-state index in [1.165, 1.54) is 23.3 Å². The van der Waals surface area contributed by atoms with Gasteiger partial charge in [0.1, 0.15) is 4.21 Å². The van der Waals surface area contributed by atoms with Crippen molar-refractivity contribution >= 4 is 46.5 Å². The first-order valence-electron chi connectivity index (χ1n) is 6.34. The number of anilines is 1. The third-order valence-electron chi connectivity index (χ3n) is 2.73. The van der Waals surface area contributed by atoms with Crippen molar-refractivity contribution in [2.75, 3.05) is 5.32 Å². The molecule has 1 heterocycles. The van der Waals surface area contributed by atoms with Crippen LogP contribution < -0.4 is 5.32 Å². The van der Waals surface area contributed by atoms with Gasteiger partial charge in [-0.3, -0.25) is 4.79 Å². The lowest BCUT2D eigenvalue weighted by Crippen LogP contribution is -2.13. The molecule has 0 aliphatic heterocycles. The van der Waals surface area contributed by atoms with Crippen LogP contribution in [0.25, 0.3) is 0 Å². The molecule has 2 aromatic carbocycles. The largest absolute Gasteiger partial charge is 0.321 e. The molecule has 1 aromatic heterocycles. The lowest BCUT2D eigenvalue weighted by Gasteiger charge is -2.04. The van der Waals surface area contributed by atoms with Crippen LogP contribution in [0, 0.1) is 0 Å². The van der Waals surface area contributed by atoms with E-state index in [1.807, 2.05) is 54.6 Å². The first kappa shape index (κ1) is 15.0. The van der Waals surface area contributed by atoms with E-state index >= 15 is 0 Å². The van der Waals surface area contributed by atoms with Gasteiger partial charge in [-0.05, 0) is 47.9 Å². The topological polar surface area (TPSA) is 54.9 Å². The number of rotatable bonds is 4. The van der Waals surface area contributed by atoms with Crippen LogP contribution in [0.1, 0.15) is 10.5 Å². The lowest BCUT2D eigenvalue weighted by atomic mass is 10.3. The van der Waals surface area contributed by atoms with Crippen LogP contribution in [0.3, 0.4) is 0 Å². The van der Waals surface area contributed by atoms with Crippen molar-refractivity contribution in [2.24, 2.45) is 0 Å². The molecule has 110 valence electrons. The quantitative estimate of drug-likeness (QED) is 0.749. The molecule has 7 heteroatoms. The summed E-state index contributed by atoms with van der Waals surface area (Å²) < 4.78 is 4.63. The minimum atomic E-state index is -0.267. The van der Waals surface area contributed by atoms with E-state index in [0.29, 0.717) is 10.7 Å². The molecular weight excluding hydrogens is 338 g/mol. The maximum absolute atomic E-state index is 12.3. The summed E-state index contributed by atoms with van der Waals surface area (Å²) in [6.07, 6.45) is 0. The molecule has 0 aliphatic rings. The molecular formula is C15H10ClN3OS2. The first-order chi connectivity index (χ1) is 10.7. The van der Waals surface area contributed by atoms with E-state index < -0.39 is 0 Å². The van der Waals surface area contributed by atoms with Crippen molar-refractivity contribution in [1.29, 1.82) is 0 Å². The third-order valence-corrected chi connectivity index (χ3v) is 4.86. The average molecular weight is 348 g/mol. The van der Waals surface area contributed by atoms with Gasteiger partial charge in [-0.15, -0.1) is 5.10 Å². The molecule has 3 aromatic rings. The van der Waals surface area contributed by atoms with Crippen molar-refractivity contribution in [1.82, 2.24) is 9.59 Å². The van der Waals surface area contributed by atoms with Crippen LogP contribution >= 0.6 is 34.9 Å². The van der Waals surface area contributed by atoms with Gasteiger partial charge in [0.25, 0.3) is 5.91 Å². The average Bonchev–Trinajstić information content (AvgIpc) is 2.99. The lowest BCUT2D eigenvalue weighted by molar-refractivity contribution is 0.101. The van der Waals surface area contributed by atoms with Crippen molar-refractivity contribution in [2.45, 2.75) is 9.10 Å². The maximum Gasteiger partial charge on any atom is 0.278 e. The number of carbonyl (C=O) groups is 1. The maximum atomic E-state index is 12.3. The molecule has 0 spiro atoms. The molecule has 0 atom stereocenters. The van der Waals surface area contributed by atoms with Crippen LogP contribution in [0.15, 0.2) is 63.7 Å². The SMILES string of the molecule is O=C(Nc1ccccc1)c1nnsc1Sc1ccc(Cl)cc1. The fourth-order valence-electron chi connectivity index (χ4n) is 1.71. The van der Waals surface area contributed by atoms with Gasteiger partial charge in [0.05, 0.1) is 0 Å². The van der Waals surface area contributed by atoms with Crippen LogP contribution in [-0.2, 0) is 0 Å². The summed E-state index contributed by atoms with van der Waals surface area (Å²) in [4.78, 5) is 13.3. The van der Waals surface area contributed by atoms with Gasteiger partial charge in [0.2, 0.25) is 0 Å². The zero-order valence-electron chi connectivity index (χ0n) is 11.2. The highest BCUT2D eigenvalue weighted by Gasteiger charge is 2.17. The number of hydrogen-bond acceptors (Lipinski definition) is 5. The highest BCUT2D eigenvalue weighted by Crippen LogP contribution is 2.33. The van der Waals surface area contributed by atoms with Gasteiger partial charge < -0.3 is 5.32 Å². The van der Waals surface area contributed by atoms with Gasteiger partial charge in [0, 0.05) is 15.6 Å². The number of aromatic nitrogens is 2. The molecule has 0 saturated carbocycles. The number of halogens is 1. The van der Waals surface area contributed by atoms with E-state index in [1.54, 1.807) is 0 Å². The third kappa shape index (κ3) is 3.65. The standard InChI is InChI=1S/C15H10ClN3OS2/c16-10-6-8-12(9-7-10)21-15-13(18-19-22-15)14(20)17-11-4-2-1-3-5-11/h1-9H,(H,17,20). The van der Waals surface area contributed by atoms with Crippen molar-refractivity contribution in [3.05, 3.63) is 65.3 Å². The highest BCUT2D eigenvalue weighted by molar-refractivity contribution is 8.01. The monoisotopic (exact) mass is 347 g/mol. The van der Waals surface area contributed by atoms with E-state index in [-0.39, 0.29) is 5.91 Å². The molecule has 22 heavy (non-hydrogen) atoms. The van der Waals surface area contributed by atoms with E-state index in [0.717, 1.165) is 14.8 Å². The number of benzene rings is 2. The Balaban J connectivity index is 1.76. The Morgan fingerprint density at radius 1 is 1.09 bits per heavy atom. The molecule has 1 amide bonds. The van der Waals surface area contributed by atoms with E-state index in [2.05, 4.69) is 14.9 Å². The molecule has 0 fully saturated rings. The summed E-state index contributed by atoms with van der Waals surface area (Å²) in [5.41, 5.74) is 1.05. The van der Waals surface area contributed by atoms with Gasteiger partial charge >= 0.3 is 0 Å². The van der Waals surface area contributed by atoms with Crippen LogP contribution in [0.2, 0.25) is 5.02 Å². The highest BCUT2D eigenvalue weighted by atomic mass is 35.5. The molecule has 1 N–H and O–H groups in total. The van der Waals surface area contributed by atoms with Gasteiger partial charge in [-0.25, -0.2) is 0 Å². The van der Waals surface area contributed by atoms with Gasteiger partial charge in [0.15, 0.2) is 5.69 Å². The van der Waals surface area contributed by atoms with Crippen molar-refractivity contribution in [3.63, 3.8) is 0 Å². The number of amides is 1. The predicted octanol–water partition coefficient (Wildman–Crippen LogP) is 4.60. The number of carbonyl (C=O) groups excluding carboxylic acids is 1. The zero-order chi connectivity index (χ0) is 15.4. The fourth-order valence-corrected chi connectivity index (χ4v) is 3.51. The van der Waals surface area contributed by atoms with Crippen molar-refractivity contribution in [3.8, 4) is 0 Å². The Labute approximate surface area is 140 Å². The summed E-state index contributed by atoms with van der Waals surface area (Å²) in [6.45, 7) is 0. The molecule has 0 radical (unpaired) electrons. The van der Waals surface area contributed by atoms with Crippen LogP contribution in [0.4, 0.5) is 5.69 Å². The number of nitrogens with one attached hydrogen (secondary N) is 1. The Morgan fingerprint density at radius 3 is 2.55 bits per heavy atom. The van der Waals surface area contributed by atoms with Gasteiger partial charge in [-0.1, -0.05) is 46.1 Å². The summed E-state index contributed by atoms with van der Waals surface area (Å²) >= 11 is 8.51.